The number of piperidine rings is 1. The van der Waals surface area contributed by atoms with E-state index in [0.717, 1.165) is 0 Å². The minimum atomic E-state index is -4.27. The molecule has 3 heterocycles. The Morgan fingerprint density at radius 2 is 1.79 bits per heavy atom. The lowest BCUT2D eigenvalue weighted by Gasteiger charge is -2.25. The number of anilines is 2. The summed E-state index contributed by atoms with van der Waals surface area (Å²) >= 11 is 0. The first kappa shape index (κ1) is 29.2. The van der Waals surface area contributed by atoms with E-state index >= 15 is 4.39 Å². The molecule has 1 aliphatic rings. The summed E-state index contributed by atoms with van der Waals surface area (Å²) in [6, 6.07) is 13.2. The standard InChI is InChI=1S/C28H26F4N6O3S/c29-19-11-18(13-33-15-19)14-36-28-35-10-8-22(37-28)20-7-4-9-34-27(20)41-23-12-21(30)26(25(32)24(23)31)38-42(39,40)16-17-5-2-1-3-6-17/h1-10,12,18-19,33,38H,11,13-16H2,(H,35,36,37)/t18?,19-/m0/s1. The van der Waals surface area contributed by atoms with Gasteiger partial charge in [-0.2, -0.15) is 4.39 Å². The molecule has 0 bridgehead atoms. The predicted octanol–water partition coefficient (Wildman–Crippen LogP) is 5.05. The first-order valence-corrected chi connectivity index (χ1v) is 14.6. The Hall–Kier alpha value is -4.30. The van der Waals surface area contributed by atoms with Crippen LogP contribution in [0.15, 0.2) is 67.0 Å². The Balaban J connectivity index is 1.35. The highest BCUT2D eigenvalue weighted by Gasteiger charge is 2.26. The zero-order chi connectivity index (χ0) is 29.7. The third-order valence-corrected chi connectivity index (χ3v) is 7.66. The molecule has 0 radical (unpaired) electrons. The van der Waals surface area contributed by atoms with E-state index < -0.39 is 50.8 Å². The van der Waals surface area contributed by atoms with Gasteiger partial charge in [0.15, 0.2) is 17.4 Å². The van der Waals surface area contributed by atoms with Gasteiger partial charge in [-0.3, -0.25) is 4.72 Å². The van der Waals surface area contributed by atoms with Gasteiger partial charge < -0.3 is 15.4 Å². The highest BCUT2D eigenvalue weighted by molar-refractivity contribution is 7.91. The second-order valence-corrected chi connectivity index (χ2v) is 11.4. The number of hydrogen-bond donors (Lipinski definition) is 3. The molecule has 14 heteroatoms. The lowest BCUT2D eigenvalue weighted by molar-refractivity contribution is 0.220. The molecule has 1 saturated heterocycles. The van der Waals surface area contributed by atoms with E-state index in [9.17, 15) is 21.6 Å². The fourth-order valence-corrected chi connectivity index (χ4v) is 5.66. The van der Waals surface area contributed by atoms with E-state index in [2.05, 4.69) is 25.6 Å². The van der Waals surface area contributed by atoms with E-state index in [1.54, 1.807) is 35.1 Å². The number of nitrogens with zero attached hydrogens (tertiary/aromatic N) is 3. The van der Waals surface area contributed by atoms with Gasteiger partial charge in [0, 0.05) is 31.5 Å². The third-order valence-electron chi connectivity index (χ3n) is 6.43. The van der Waals surface area contributed by atoms with Crippen LogP contribution in [-0.4, -0.2) is 49.2 Å². The predicted molar refractivity (Wildman–Crippen MR) is 149 cm³/mol. The number of aromatic nitrogens is 3. The second-order valence-electron chi connectivity index (χ2n) is 9.67. The van der Waals surface area contributed by atoms with Crippen molar-refractivity contribution in [3.8, 4) is 22.9 Å². The molecule has 0 spiro atoms. The molecule has 9 nitrogen and oxygen atoms in total. The Bertz CT molecular complexity index is 1660. The van der Waals surface area contributed by atoms with Crippen LogP contribution in [0.2, 0.25) is 0 Å². The number of hydrogen-bond acceptors (Lipinski definition) is 8. The molecule has 0 saturated carbocycles. The molecule has 3 N–H and O–H groups in total. The summed E-state index contributed by atoms with van der Waals surface area (Å²) in [5.41, 5.74) is -0.224. The molecular formula is C28H26F4N6O3S. The highest BCUT2D eigenvalue weighted by atomic mass is 32.2. The van der Waals surface area contributed by atoms with Crippen LogP contribution in [0.4, 0.5) is 29.2 Å². The van der Waals surface area contributed by atoms with Gasteiger partial charge in [0.05, 0.1) is 17.0 Å². The summed E-state index contributed by atoms with van der Waals surface area (Å²) in [6.07, 6.45) is 2.28. The minimum Gasteiger partial charge on any atom is -0.435 e. The summed E-state index contributed by atoms with van der Waals surface area (Å²) in [4.78, 5) is 12.7. The summed E-state index contributed by atoms with van der Waals surface area (Å²) in [6.45, 7) is 1.41. The van der Waals surface area contributed by atoms with Crippen molar-refractivity contribution in [2.75, 3.05) is 29.7 Å². The van der Waals surface area contributed by atoms with Gasteiger partial charge in [-0.15, -0.1) is 0 Å². The topological polar surface area (TPSA) is 118 Å². The smallest absolute Gasteiger partial charge is 0.237 e. The largest absolute Gasteiger partial charge is 0.435 e. The van der Waals surface area contributed by atoms with E-state index in [1.165, 1.54) is 30.6 Å². The molecule has 5 rings (SSSR count). The van der Waals surface area contributed by atoms with Gasteiger partial charge in [-0.1, -0.05) is 30.3 Å². The average Bonchev–Trinajstić information content (AvgIpc) is 2.98. The summed E-state index contributed by atoms with van der Waals surface area (Å²) in [5, 5.41) is 6.10. The van der Waals surface area contributed by atoms with Gasteiger partial charge in [-0.25, -0.2) is 36.5 Å². The molecular weight excluding hydrogens is 576 g/mol. The first-order valence-electron chi connectivity index (χ1n) is 13.0. The molecule has 2 aromatic heterocycles. The van der Waals surface area contributed by atoms with Gasteiger partial charge in [0.2, 0.25) is 27.7 Å². The van der Waals surface area contributed by atoms with Crippen molar-refractivity contribution in [2.24, 2.45) is 5.92 Å². The molecule has 220 valence electrons. The number of halogens is 4. The number of rotatable bonds is 10. The number of alkyl halides is 1. The summed E-state index contributed by atoms with van der Waals surface area (Å²) in [7, 11) is -4.27. The van der Waals surface area contributed by atoms with Crippen molar-refractivity contribution in [1.29, 1.82) is 0 Å². The summed E-state index contributed by atoms with van der Waals surface area (Å²) < 4.78 is 90.8. The van der Waals surface area contributed by atoms with Crippen molar-refractivity contribution in [1.82, 2.24) is 20.3 Å². The maximum atomic E-state index is 15.0. The van der Waals surface area contributed by atoms with E-state index in [1.807, 2.05) is 0 Å². The number of ether oxygens (including phenoxy) is 1. The molecule has 4 aromatic rings. The lowest BCUT2D eigenvalue weighted by Crippen LogP contribution is -2.40. The van der Waals surface area contributed by atoms with E-state index in [4.69, 9.17) is 4.74 Å². The number of benzene rings is 2. The second kappa shape index (κ2) is 12.7. The average molecular weight is 603 g/mol. The van der Waals surface area contributed by atoms with Crippen molar-refractivity contribution < 1.29 is 30.7 Å². The zero-order valence-electron chi connectivity index (χ0n) is 22.0. The van der Waals surface area contributed by atoms with Gasteiger partial charge >= 0.3 is 0 Å². The maximum Gasteiger partial charge on any atom is 0.237 e. The quantitative estimate of drug-likeness (QED) is 0.171. The van der Waals surface area contributed by atoms with Crippen LogP contribution in [0, 0.1) is 23.4 Å². The van der Waals surface area contributed by atoms with Crippen molar-refractivity contribution in [2.45, 2.75) is 18.3 Å². The molecule has 0 amide bonds. The Labute approximate surface area is 239 Å². The number of sulfonamides is 1. The van der Waals surface area contributed by atoms with Gasteiger partial charge in [-0.05, 0) is 42.6 Å². The van der Waals surface area contributed by atoms with Crippen molar-refractivity contribution in [3.63, 3.8) is 0 Å². The van der Waals surface area contributed by atoms with Crippen LogP contribution in [0.5, 0.6) is 11.6 Å². The first-order chi connectivity index (χ1) is 20.2. The number of nitrogens with one attached hydrogen (secondary N) is 3. The number of pyridine rings is 1. The maximum absolute atomic E-state index is 15.0. The molecule has 1 fully saturated rings. The molecule has 1 unspecified atom stereocenters. The molecule has 2 atom stereocenters. The Morgan fingerprint density at radius 3 is 2.57 bits per heavy atom. The Morgan fingerprint density at radius 1 is 0.976 bits per heavy atom. The van der Waals surface area contributed by atoms with E-state index in [-0.39, 0.29) is 23.3 Å². The van der Waals surface area contributed by atoms with Crippen LogP contribution < -0.4 is 20.1 Å². The molecule has 1 aliphatic heterocycles. The zero-order valence-corrected chi connectivity index (χ0v) is 22.8. The Kier molecular flexibility index (Phi) is 8.83. The van der Waals surface area contributed by atoms with Crippen LogP contribution in [0.1, 0.15) is 12.0 Å². The third kappa shape index (κ3) is 7.12. The summed E-state index contributed by atoms with van der Waals surface area (Å²) in [5.74, 6) is -6.14. The highest BCUT2D eigenvalue weighted by Crippen LogP contribution is 2.36. The lowest BCUT2D eigenvalue weighted by atomic mass is 9.98. The van der Waals surface area contributed by atoms with Crippen LogP contribution in [0.25, 0.3) is 11.3 Å². The van der Waals surface area contributed by atoms with Crippen molar-refractivity contribution in [3.05, 3.63) is 90.0 Å². The van der Waals surface area contributed by atoms with Gasteiger partial charge in [0.1, 0.15) is 11.9 Å². The van der Waals surface area contributed by atoms with Crippen molar-refractivity contribution >= 4 is 21.7 Å². The molecule has 0 aliphatic carbocycles. The molecule has 2 aromatic carbocycles. The fourth-order valence-electron chi connectivity index (χ4n) is 4.46. The monoisotopic (exact) mass is 602 g/mol. The molecule has 42 heavy (non-hydrogen) atoms. The fraction of sp³-hybridized carbons (Fsp3) is 0.250. The minimum absolute atomic E-state index is 0.0387. The normalized spacial score (nSPS) is 17.0. The van der Waals surface area contributed by atoms with Crippen LogP contribution in [-0.2, 0) is 15.8 Å². The SMILES string of the molecule is O=S(=O)(Cc1ccccc1)Nc1c(F)cc(Oc2ncccc2-c2ccnc(NCC3CNC[C@@H](F)C3)n2)c(F)c1F. The van der Waals surface area contributed by atoms with Crippen LogP contribution >= 0.6 is 0 Å². The van der Waals surface area contributed by atoms with E-state index in [0.29, 0.717) is 43.4 Å². The van der Waals surface area contributed by atoms with Gasteiger partial charge in [0.25, 0.3) is 0 Å². The van der Waals surface area contributed by atoms with Crippen LogP contribution in [0.3, 0.4) is 0 Å².